The lowest BCUT2D eigenvalue weighted by atomic mass is 9.98. The molecule has 0 fully saturated rings. The van der Waals surface area contributed by atoms with E-state index in [1.165, 1.54) is 20.3 Å². The number of nitrogens with two attached hydrogens (primary N) is 1. The van der Waals surface area contributed by atoms with Crippen LogP contribution in [0, 0.1) is 0 Å². The summed E-state index contributed by atoms with van der Waals surface area (Å²) in [5.74, 6) is -0.245. The number of halogens is 3. The molecular formula is C16H14F3NO3. The molecule has 122 valence electrons. The molecule has 0 heterocycles. The van der Waals surface area contributed by atoms with Gasteiger partial charge in [0.1, 0.15) is 0 Å². The molecule has 0 saturated carbocycles. The van der Waals surface area contributed by atoms with Gasteiger partial charge in [-0.25, -0.2) is 0 Å². The quantitative estimate of drug-likeness (QED) is 0.690. The average Bonchev–Trinajstić information content (AvgIpc) is 2.52. The van der Waals surface area contributed by atoms with Crippen molar-refractivity contribution in [2.45, 2.75) is 6.18 Å². The van der Waals surface area contributed by atoms with Gasteiger partial charge >= 0.3 is 6.18 Å². The van der Waals surface area contributed by atoms with E-state index in [-0.39, 0.29) is 22.6 Å². The number of hydrogen-bond acceptors (Lipinski definition) is 4. The summed E-state index contributed by atoms with van der Waals surface area (Å²) >= 11 is 0. The van der Waals surface area contributed by atoms with E-state index in [1.807, 2.05) is 0 Å². The number of nitrogen functional groups attached to an aromatic ring is 1. The Morgan fingerprint density at radius 3 is 2.30 bits per heavy atom. The number of ketones is 1. The van der Waals surface area contributed by atoms with Crippen molar-refractivity contribution in [3.05, 3.63) is 53.1 Å². The van der Waals surface area contributed by atoms with Crippen LogP contribution in [0.2, 0.25) is 0 Å². The van der Waals surface area contributed by atoms with Crippen LogP contribution in [0.4, 0.5) is 18.9 Å². The number of anilines is 1. The van der Waals surface area contributed by atoms with Crippen molar-refractivity contribution in [1.82, 2.24) is 0 Å². The van der Waals surface area contributed by atoms with Crippen LogP contribution in [0.15, 0.2) is 36.4 Å². The zero-order chi connectivity index (χ0) is 17.2. The van der Waals surface area contributed by atoms with Gasteiger partial charge in [0.05, 0.1) is 25.3 Å². The van der Waals surface area contributed by atoms with Crippen LogP contribution in [0.1, 0.15) is 21.5 Å². The summed E-state index contributed by atoms with van der Waals surface area (Å²) in [7, 11) is 2.73. The number of alkyl halides is 3. The van der Waals surface area contributed by atoms with Crippen LogP contribution in [-0.2, 0) is 6.18 Å². The van der Waals surface area contributed by atoms with Gasteiger partial charge in [-0.2, -0.15) is 13.2 Å². The fourth-order valence-corrected chi connectivity index (χ4v) is 2.14. The first-order valence-corrected chi connectivity index (χ1v) is 6.52. The number of hydrogen-bond donors (Lipinski definition) is 1. The second-order valence-electron chi connectivity index (χ2n) is 4.67. The van der Waals surface area contributed by atoms with Gasteiger partial charge in [0.15, 0.2) is 17.3 Å². The maximum Gasteiger partial charge on any atom is 0.416 e. The van der Waals surface area contributed by atoms with Gasteiger partial charge < -0.3 is 15.2 Å². The lowest BCUT2D eigenvalue weighted by molar-refractivity contribution is -0.137. The molecule has 0 atom stereocenters. The molecule has 0 aromatic heterocycles. The largest absolute Gasteiger partial charge is 0.493 e. The first-order valence-electron chi connectivity index (χ1n) is 6.52. The Kier molecular flexibility index (Phi) is 4.49. The summed E-state index contributed by atoms with van der Waals surface area (Å²) < 4.78 is 48.7. The van der Waals surface area contributed by atoms with Crippen molar-refractivity contribution in [2.75, 3.05) is 20.0 Å². The highest BCUT2D eigenvalue weighted by Gasteiger charge is 2.32. The van der Waals surface area contributed by atoms with E-state index in [0.717, 1.165) is 18.2 Å². The van der Waals surface area contributed by atoms with Crippen LogP contribution in [0.3, 0.4) is 0 Å². The number of rotatable bonds is 4. The number of methoxy groups -OCH3 is 2. The molecule has 0 amide bonds. The number of carbonyl (C=O) groups is 1. The maximum absolute atomic E-state index is 12.8. The van der Waals surface area contributed by atoms with Crippen molar-refractivity contribution in [3.8, 4) is 11.5 Å². The smallest absolute Gasteiger partial charge is 0.416 e. The molecule has 2 N–H and O–H groups in total. The van der Waals surface area contributed by atoms with Gasteiger partial charge in [-0.05, 0) is 30.3 Å². The third kappa shape index (κ3) is 3.23. The third-order valence-corrected chi connectivity index (χ3v) is 3.27. The molecule has 0 aliphatic carbocycles. The Balaban J connectivity index is 2.58. The van der Waals surface area contributed by atoms with Gasteiger partial charge in [-0.3, -0.25) is 4.79 Å². The highest BCUT2D eigenvalue weighted by atomic mass is 19.4. The molecule has 2 rings (SSSR count). The first-order chi connectivity index (χ1) is 10.8. The maximum atomic E-state index is 12.8. The van der Waals surface area contributed by atoms with E-state index in [1.54, 1.807) is 12.1 Å². The Morgan fingerprint density at radius 1 is 1.04 bits per heavy atom. The van der Waals surface area contributed by atoms with Crippen LogP contribution in [-0.4, -0.2) is 20.0 Å². The van der Waals surface area contributed by atoms with Crippen molar-refractivity contribution >= 4 is 11.5 Å². The van der Waals surface area contributed by atoms with Crippen LogP contribution >= 0.6 is 0 Å². The predicted molar refractivity (Wildman–Crippen MR) is 78.8 cm³/mol. The van der Waals surface area contributed by atoms with E-state index in [2.05, 4.69) is 0 Å². The first kappa shape index (κ1) is 16.7. The Hall–Kier alpha value is -2.70. The number of benzene rings is 2. The van der Waals surface area contributed by atoms with Crippen molar-refractivity contribution in [2.24, 2.45) is 0 Å². The molecule has 0 radical (unpaired) electrons. The second-order valence-corrected chi connectivity index (χ2v) is 4.67. The molecule has 0 aliphatic rings. The fraction of sp³-hybridized carbons (Fsp3) is 0.188. The third-order valence-electron chi connectivity index (χ3n) is 3.27. The Morgan fingerprint density at radius 2 is 1.74 bits per heavy atom. The molecule has 2 aromatic rings. The van der Waals surface area contributed by atoms with E-state index >= 15 is 0 Å². The van der Waals surface area contributed by atoms with E-state index in [0.29, 0.717) is 5.75 Å². The minimum Gasteiger partial charge on any atom is -0.493 e. The van der Waals surface area contributed by atoms with E-state index < -0.39 is 17.5 Å². The molecule has 2 aromatic carbocycles. The Bertz CT molecular complexity index is 742. The molecule has 0 unspecified atom stereocenters. The molecule has 4 nitrogen and oxygen atoms in total. The van der Waals surface area contributed by atoms with Gasteiger partial charge in [0.25, 0.3) is 0 Å². The van der Waals surface area contributed by atoms with Crippen LogP contribution in [0.25, 0.3) is 0 Å². The SMILES string of the molecule is COc1cccc(C(=O)c2cc(C(F)(F)F)ccc2N)c1OC. The zero-order valence-corrected chi connectivity index (χ0v) is 12.4. The summed E-state index contributed by atoms with van der Waals surface area (Å²) in [6.45, 7) is 0. The van der Waals surface area contributed by atoms with E-state index in [4.69, 9.17) is 15.2 Å². The average molecular weight is 325 g/mol. The minimum atomic E-state index is -4.57. The molecule has 0 aliphatic heterocycles. The van der Waals surface area contributed by atoms with Gasteiger partial charge in [-0.1, -0.05) is 6.07 Å². The summed E-state index contributed by atoms with van der Waals surface area (Å²) in [5, 5.41) is 0. The monoisotopic (exact) mass is 325 g/mol. The van der Waals surface area contributed by atoms with Gasteiger partial charge in [0, 0.05) is 11.3 Å². The number of carbonyl (C=O) groups excluding carboxylic acids is 1. The van der Waals surface area contributed by atoms with Crippen LogP contribution in [0.5, 0.6) is 11.5 Å². The predicted octanol–water partition coefficient (Wildman–Crippen LogP) is 3.54. The fourth-order valence-electron chi connectivity index (χ4n) is 2.14. The van der Waals surface area contributed by atoms with Crippen LogP contribution < -0.4 is 15.2 Å². The second kappa shape index (κ2) is 6.20. The zero-order valence-electron chi connectivity index (χ0n) is 12.4. The molecular weight excluding hydrogens is 311 g/mol. The van der Waals surface area contributed by atoms with Gasteiger partial charge in [-0.15, -0.1) is 0 Å². The highest BCUT2D eigenvalue weighted by molar-refractivity contribution is 6.14. The van der Waals surface area contributed by atoms with Crippen molar-refractivity contribution in [1.29, 1.82) is 0 Å². The summed E-state index contributed by atoms with van der Waals surface area (Å²) in [4.78, 5) is 12.6. The molecule has 23 heavy (non-hydrogen) atoms. The molecule has 0 bridgehead atoms. The standard InChI is InChI=1S/C16H14F3NO3/c1-22-13-5-3-4-10(15(13)23-2)14(21)11-8-9(16(17,18)19)6-7-12(11)20/h3-8H,20H2,1-2H3. The number of ether oxygens (including phenoxy) is 2. The van der Waals surface area contributed by atoms with Gasteiger partial charge in [0.2, 0.25) is 0 Å². The van der Waals surface area contributed by atoms with E-state index in [9.17, 15) is 18.0 Å². The molecule has 7 heteroatoms. The highest BCUT2D eigenvalue weighted by Crippen LogP contribution is 2.35. The Labute approximate surface area is 130 Å². The molecule has 0 saturated heterocycles. The van der Waals surface area contributed by atoms with Crippen molar-refractivity contribution < 1.29 is 27.4 Å². The lowest BCUT2D eigenvalue weighted by Gasteiger charge is -2.14. The normalized spacial score (nSPS) is 11.2. The topological polar surface area (TPSA) is 61.5 Å². The lowest BCUT2D eigenvalue weighted by Crippen LogP contribution is -2.11. The summed E-state index contributed by atoms with van der Waals surface area (Å²) in [6.07, 6.45) is -4.57. The molecule has 0 spiro atoms. The summed E-state index contributed by atoms with van der Waals surface area (Å²) in [6, 6.07) is 7.17. The minimum absolute atomic E-state index is 0.0483. The van der Waals surface area contributed by atoms with Crippen molar-refractivity contribution in [3.63, 3.8) is 0 Å². The summed E-state index contributed by atoms with van der Waals surface area (Å²) in [5.41, 5.74) is 4.50. The number of para-hydroxylation sites is 1.